The number of nitrogens with one attached hydrogen (secondary N) is 1. The number of carbonyl (C=O) groups excluding carboxylic acids is 1. The highest BCUT2D eigenvalue weighted by molar-refractivity contribution is 7.14. The Hall–Kier alpha value is -2.06. The summed E-state index contributed by atoms with van der Waals surface area (Å²) in [5.74, 6) is 0.108. The third kappa shape index (κ3) is 4.97. The molecule has 0 aliphatic heterocycles. The van der Waals surface area contributed by atoms with Crippen LogP contribution in [0.15, 0.2) is 29.6 Å². The second-order valence-electron chi connectivity index (χ2n) is 4.97. The van der Waals surface area contributed by atoms with Crippen molar-refractivity contribution in [1.82, 2.24) is 10.3 Å². The number of para-hydroxylation sites is 1. The van der Waals surface area contributed by atoms with Crippen molar-refractivity contribution in [2.24, 2.45) is 0 Å². The number of thiazole rings is 1. The predicted octanol–water partition coefficient (Wildman–Crippen LogP) is 3.41. The first kappa shape index (κ1) is 18.3. The van der Waals surface area contributed by atoms with Crippen LogP contribution in [0.5, 0.6) is 5.75 Å². The van der Waals surface area contributed by atoms with Gasteiger partial charge in [-0.2, -0.15) is 8.78 Å². The molecule has 2 rings (SSSR count). The molecule has 0 spiro atoms. The van der Waals surface area contributed by atoms with E-state index in [-0.39, 0.29) is 11.7 Å². The van der Waals surface area contributed by atoms with Gasteiger partial charge in [0.2, 0.25) is 5.91 Å². The van der Waals surface area contributed by atoms with Crippen molar-refractivity contribution in [2.75, 3.05) is 11.4 Å². The highest BCUT2D eigenvalue weighted by Gasteiger charge is 2.13. The van der Waals surface area contributed by atoms with Gasteiger partial charge in [0.05, 0.1) is 5.69 Å². The van der Waals surface area contributed by atoms with Crippen molar-refractivity contribution >= 4 is 22.4 Å². The minimum absolute atomic E-state index is 0.0514. The lowest BCUT2D eigenvalue weighted by Gasteiger charge is -2.14. The van der Waals surface area contributed by atoms with Crippen LogP contribution in [0.4, 0.5) is 13.9 Å². The third-order valence-corrected chi connectivity index (χ3v) is 4.19. The summed E-state index contributed by atoms with van der Waals surface area (Å²) in [5.41, 5.74) is 1.44. The van der Waals surface area contributed by atoms with Gasteiger partial charge >= 0.3 is 6.61 Å². The molecular formula is C16H19F2N3O2S. The van der Waals surface area contributed by atoms with Gasteiger partial charge in [-0.05, 0) is 13.0 Å². The zero-order valence-electron chi connectivity index (χ0n) is 13.5. The van der Waals surface area contributed by atoms with Crippen molar-refractivity contribution in [1.29, 1.82) is 0 Å². The van der Waals surface area contributed by atoms with E-state index in [1.165, 1.54) is 24.3 Å². The van der Waals surface area contributed by atoms with Crippen LogP contribution in [0.1, 0.15) is 25.1 Å². The zero-order valence-corrected chi connectivity index (χ0v) is 14.3. The van der Waals surface area contributed by atoms with Crippen molar-refractivity contribution in [3.63, 3.8) is 0 Å². The van der Waals surface area contributed by atoms with E-state index in [1.807, 2.05) is 12.3 Å². The normalized spacial score (nSPS) is 10.9. The molecule has 0 radical (unpaired) electrons. The highest BCUT2D eigenvalue weighted by atomic mass is 32.1. The Labute approximate surface area is 143 Å². The molecule has 5 nitrogen and oxygen atoms in total. The fourth-order valence-electron chi connectivity index (χ4n) is 2.18. The summed E-state index contributed by atoms with van der Waals surface area (Å²) < 4.78 is 29.3. The molecule has 0 bridgehead atoms. The van der Waals surface area contributed by atoms with Gasteiger partial charge in [0.15, 0.2) is 5.13 Å². The lowest BCUT2D eigenvalue weighted by atomic mass is 10.2. The molecule has 0 aliphatic rings. The van der Waals surface area contributed by atoms with E-state index in [1.54, 1.807) is 23.1 Å². The summed E-state index contributed by atoms with van der Waals surface area (Å²) in [7, 11) is 0. The Balaban J connectivity index is 1.93. The first-order valence-corrected chi connectivity index (χ1v) is 8.35. The molecule has 0 atom stereocenters. The number of benzene rings is 1. The van der Waals surface area contributed by atoms with Gasteiger partial charge in [-0.3, -0.25) is 9.69 Å². The van der Waals surface area contributed by atoms with E-state index in [0.29, 0.717) is 30.3 Å². The average Bonchev–Trinajstić information content (AvgIpc) is 2.97. The zero-order chi connectivity index (χ0) is 17.5. The summed E-state index contributed by atoms with van der Waals surface area (Å²) in [6, 6.07) is 6.65. The van der Waals surface area contributed by atoms with Gasteiger partial charge in [0.1, 0.15) is 5.75 Å². The van der Waals surface area contributed by atoms with Crippen LogP contribution in [-0.4, -0.2) is 24.0 Å². The molecule has 1 heterocycles. The summed E-state index contributed by atoms with van der Waals surface area (Å²) in [4.78, 5) is 17.5. The van der Waals surface area contributed by atoms with E-state index in [9.17, 15) is 13.6 Å². The average molecular weight is 355 g/mol. The minimum atomic E-state index is -2.85. The Morgan fingerprint density at radius 1 is 1.38 bits per heavy atom. The molecule has 8 heteroatoms. The Morgan fingerprint density at radius 2 is 2.12 bits per heavy atom. The molecule has 0 saturated carbocycles. The van der Waals surface area contributed by atoms with Crippen molar-refractivity contribution in [3.05, 3.63) is 40.9 Å². The highest BCUT2D eigenvalue weighted by Crippen LogP contribution is 2.22. The fraction of sp³-hybridized carbons (Fsp3) is 0.375. The summed E-state index contributed by atoms with van der Waals surface area (Å²) in [6.07, 6.45) is 0. The molecule has 1 amide bonds. The van der Waals surface area contributed by atoms with Crippen LogP contribution in [-0.2, 0) is 17.9 Å². The van der Waals surface area contributed by atoms with Crippen LogP contribution >= 0.6 is 11.3 Å². The number of alkyl halides is 2. The van der Waals surface area contributed by atoms with E-state index >= 15 is 0 Å². The molecule has 24 heavy (non-hydrogen) atoms. The van der Waals surface area contributed by atoms with E-state index in [0.717, 1.165) is 5.69 Å². The summed E-state index contributed by atoms with van der Waals surface area (Å²) >= 11 is 1.40. The molecule has 1 aromatic carbocycles. The van der Waals surface area contributed by atoms with E-state index < -0.39 is 6.61 Å². The summed E-state index contributed by atoms with van der Waals surface area (Å²) in [6.45, 7) is 1.95. The van der Waals surface area contributed by atoms with Crippen molar-refractivity contribution in [3.8, 4) is 5.75 Å². The van der Waals surface area contributed by atoms with Crippen LogP contribution in [0, 0.1) is 0 Å². The van der Waals surface area contributed by atoms with Crippen LogP contribution < -0.4 is 15.0 Å². The Bertz CT molecular complexity index is 679. The smallest absolute Gasteiger partial charge is 0.387 e. The molecular weight excluding hydrogens is 336 g/mol. The number of ether oxygens (including phenoxy) is 1. The predicted molar refractivity (Wildman–Crippen MR) is 89.4 cm³/mol. The first-order valence-electron chi connectivity index (χ1n) is 7.47. The molecule has 0 fully saturated rings. The summed E-state index contributed by atoms with van der Waals surface area (Å²) in [5, 5.41) is 5.67. The monoisotopic (exact) mass is 355 g/mol. The van der Waals surface area contributed by atoms with Gasteiger partial charge in [0.25, 0.3) is 0 Å². The van der Waals surface area contributed by atoms with Gasteiger partial charge < -0.3 is 10.1 Å². The maximum absolute atomic E-state index is 12.4. The lowest BCUT2D eigenvalue weighted by Crippen LogP contribution is -2.27. The molecule has 2 aromatic rings. The largest absolute Gasteiger partial charge is 0.434 e. The molecule has 130 valence electrons. The number of carbonyl (C=O) groups is 1. The number of rotatable bonds is 8. The quantitative estimate of drug-likeness (QED) is 0.788. The van der Waals surface area contributed by atoms with E-state index in [2.05, 4.69) is 15.0 Å². The van der Waals surface area contributed by atoms with Crippen molar-refractivity contribution < 1.29 is 18.3 Å². The van der Waals surface area contributed by atoms with Crippen LogP contribution in [0.2, 0.25) is 0 Å². The van der Waals surface area contributed by atoms with Gasteiger partial charge in [-0.25, -0.2) is 4.98 Å². The van der Waals surface area contributed by atoms with Gasteiger partial charge in [0, 0.05) is 37.5 Å². The number of hydrogen-bond donors (Lipinski definition) is 1. The molecule has 0 unspecified atom stereocenters. The van der Waals surface area contributed by atoms with Crippen LogP contribution in [0.25, 0.3) is 0 Å². The molecule has 1 aromatic heterocycles. The number of nitrogens with zero attached hydrogens (tertiary/aromatic N) is 2. The van der Waals surface area contributed by atoms with Gasteiger partial charge in [-0.15, -0.1) is 11.3 Å². The van der Waals surface area contributed by atoms with Gasteiger partial charge in [-0.1, -0.05) is 18.2 Å². The van der Waals surface area contributed by atoms with E-state index in [4.69, 9.17) is 0 Å². The number of anilines is 1. The number of hydrogen-bond acceptors (Lipinski definition) is 5. The number of aromatic nitrogens is 1. The standard InChI is InChI=1S/C16H19F2N3O2S/c1-3-21(11(2)22)16-20-13(10-24-16)9-19-8-12-6-4-5-7-14(12)23-15(17)18/h4-7,10,15,19H,3,8-9H2,1-2H3. The minimum Gasteiger partial charge on any atom is -0.434 e. The Kier molecular flexibility index (Phi) is 6.62. The molecule has 0 aliphatic carbocycles. The second-order valence-corrected chi connectivity index (χ2v) is 5.81. The molecule has 0 saturated heterocycles. The third-order valence-electron chi connectivity index (χ3n) is 3.28. The lowest BCUT2D eigenvalue weighted by molar-refractivity contribution is -0.116. The fourth-order valence-corrected chi connectivity index (χ4v) is 3.11. The van der Waals surface area contributed by atoms with Crippen molar-refractivity contribution in [2.45, 2.75) is 33.5 Å². The second kappa shape index (κ2) is 8.70. The van der Waals surface area contributed by atoms with Crippen LogP contribution in [0.3, 0.4) is 0 Å². The molecule has 1 N–H and O–H groups in total. The maximum Gasteiger partial charge on any atom is 0.387 e. The topological polar surface area (TPSA) is 54.5 Å². The Morgan fingerprint density at radius 3 is 2.79 bits per heavy atom. The first-order chi connectivity index (χ1) is 11.5. The maximum atomic E-state index is 12.4. The number of amides is 1. The number of halogens is 2. The SMILES string of the molecule is CCN(C(C)=O)c1nc(CNCc2ccccc2OC(F)F)cs1.